The van der Waals surface area contributed by atoms with Crippen LogP contribution < -0.4 is 10.0 Å². The predicted octanol–water partition coefficient (Wildman–Crippen LogP) is -0.106. The molecule has 1 unspecified atom stereocenters. The van der Waals surface area contributed by atoms with Crippen molar-refractivity contribution in [2.45, 2.75) is 25.6 Å². The molecule has 0 aromatic carbocycles. The monoisotopic (exact) mass is 258 g/mol. The topological polar surface area (TPSA) is 84.0 Å². The van der Waals surface area contributed by atoms with E-state index < -0.39 is 15.3 Å². The van der Waals surface area contributed by atoms with Crippen LogP contribution >= 0.6 is 0 Å². The van der Waals surface area contributed by atoms with Crippen LogP contribution in [0.3, 0.4) is 0 Å². The first-order chi connectivity index (χ1) is 8.06. The number of nitrogens with zero attached hydrogens (tertiary/aromatic N) is 2. The normalized spacial score (nSPS) is 13.5. The molecule has 0 saturated heterocycles. The zero-order chi connectivity index (χ0) is 12.7. The molecular formula is C10H18N4O2S. The van der Waals surface area contributed by atoms with Crippen molar-refractivity contribution in [3.63, 3.8) is 0 Å². The molecule has 17 heavy (non-hydrogen) atoms. The summed E-state index contributed by atoms with van der Waals surface area (Å²) in [6.07, 6.45) is 2.98. The van der Waals surface area contributed by atoms with E-state index in [1.807, 2.05) is 6.92 Å². The van der Waals surface area contributed by atoms with E-state index in [1.54, 1.807) is 19.2 Å². The van der Waals surface area contributed by atoms with Gasteiger partial charge >= 0.3 is 0 Å². The van der Waals surface area contributed by atoms with Gasteiger partial charge in [0.25, 0.3) is 0 Å². The number of nitrogens with one attached hydrogen (secondary N) is 2. The summed E-state index contributed by atoms with van der Waals surface area (Å²) in [5.74, 6) is 0. The number of rotatable bonds is 7. The average molecular weight is 258 g/mol. The summed E-state index contributed by atoms with van der Waals surface area (Å²) >= 11 is 0. The van der Waals surface area contributed by atoms with E-state index in [0.717, 1.165) is 6.54 Å². The van der Waals surface area contributed by atoms with Gasteiger partial charge < -0.3 is 5.32 Å². The summed E-state index contributed by atoms with van der Waals surface area (Å²) < 4.78 is 26.2. The fourth-order valence-corrected chi connectivity index (χ4v) is 2.17. The number of sulfonamides is 1. The summed E-state index contributed by atoms with van der Waals surface area (Å²) in [5.41, 5.74) is 0.652. The van der Waals surface area contributed by atoms with E-state index >= 15 is 0 Å². The van der Waals surface area contributed by atoms with Gasteiger partial charge in [-0.05, 0) is 19.5 Å². The molecule has 6 nitrogen and oxygen atoms in total. The van der Waals surface area contributed by atoms with Crippen molar-refractivity contribution in [1.82, 2.24) is 20.0 Å². The minimum atomic E-state index is -3.30. The van der Waals surface area contributed by atoms with Gasteiger partial charge in [-0.15, -0.1) is 0 Å². The molecule has 0 spiro atoms. The summed E-state index contributed by atoms with van der Waals surface area (Å²) in [4.78, 5) is 7.72. The van der Waals surface area contributed by atoms with Gasteiger partial charge in [0.2, 0.25) is 10.0 Å². The second-order valence-corrected chi connectivity index (χ2v) is 5.87. The molecule has 1 aromatic heterocycles. The Labute approximate surface area is 102 Å². The van der Waals surface area contributed by atoms with Crippen molar-refractivity contribution >= 4 is 10.0 Å². The van der Waals surface area contributed by atoms with Crippen molar-refractivity contribution in [2.75, 3.05) is 13.1 Å². The quantitative estimate of drug-likeness (QED) is 0.713. The lowest BCUT2D eigenvalue weighted by atomic mass is 10.4. The molecule has 0 radical (unpaired) electrons. The van der Waals surface area contributed by atoms with Gasteiger partial charge in [0, 0.05) is 12.7 Å². The summed E-state index contributed by atoms with van der Waals surface area (Å²) in [6, 6.07) is 1.68. The molecule has 0 aliphatic rings. The zero-order valence-electron chi connectivity index (χ0n) is 10.0. The molecule has 1 atom stereocenters. The van der Waals surface area contributed by atoms with E-state index in [0.29, 0.717) is 12.2 Å². The Morgan fingerprint density at radius 2 is 2.24 bits per heavy atom. The number of aromatic nitrogens is 2. The third-order valence-corrected chi connectivity index (χ3v) is 4.08. The fraction of sp³-hybridized carbons (Fsp3) is 0.600. The van der Waals surface area contributed by atoms with E-state index in [2.05, 4.69) is 20.0 Å². The lowest BCUT2D eigenvalue weighted by Crippen LogP contribution is -2.38. The Kier molecular flexibility index (Phi) is 5.46. The first kappa shape index (κ1) is 14.0. The van der Waals surface area contributed by atoms with Crippen LogP contribution in [0, 0.1) is 0 Å². The highest BCUT2D eigenvalue weighted by atomic mass is 32.2. The first-order valence-corrected chi connectivity index (χ1v) is 7.05. The highest BCUT2D eigenvalue weighted by Gasteiger charge is 2.19. The molecule has 1 aromatic rings. The van der Waals surface area contributed by atoms with E-state index in [1.165, 1.54) is 6.33 Å². The van der Waals surface area contributed by atoms with Crippen LogP contribution in [0.4, 0.5) is 0 Å². The Hall–Kier alpha value is -1.05. The van der Waals surface area contributed by atoms with Crippen molar-refractivity contribution < 1.29 is 8.42 Å². The minimum absolute atomic E-state index is 0.196. The molecule has 0 aliphatic heterocycles. The molecule has 0 saturated carbocycles. The SMILES string of the molecule is CCNCC(C)S(=O)(=O)NCc1ccncn1. The van der Waals surface area contributed by atoms with Gasteiger partial charge in [-0.3, -0.25) is 0 Å². The second kappa shape index (κ2) is 6.63. The van der Waals surface area contributed by atoms with Gasteiger partial charge in [0.05, 0.1) is 17.5 Å². The Morgan fingerprint density at radius 1 is 1.47 bits per heavy atom. The van der Waals surface area contributed by atoms with Gasteiger partial charge in [-0.25, -0.2) is 23.1 Å². The Balaban J connectivity index is 2.50. The van der Waals surface area contributed by atoms with E-state index in [-0.39, 0.29) is 6.54 Å². The maximum absolute atomic E-state index is 11.8. The van der Waals surface area contributed by atoms with Crippen LogP contribution in [0.25, 0.3) is 0 Å². The Bertz CT molecular complexity index is 421. The standard InChI is InChI=1S/C10H18N4O2S/c1-3-11-6-9(2)17(15,16)14-7-10-4-5-12-8-13-10/h4-5,8-9,11,14H,3,6-7H2,1-2H3. The largest absolute Gasteiger partial charge is 0.316 e. The third-order valence-electron chi connectivity index (χ3n) is 2.31. The van der Waals surface area contributed by atoms with Crippen LogP contribution in [0.2, 0.25) is 0 Å². The van der Waals surface area contributed by atoms with Crippen LogP contribution in [-0.2, 0) is 16.6 Å². The van der Waals surface area contributed by atoms with Gasteiger partial charge in [0.1, 0.15) is 6.33 Å². The van der Waals surface area contributed by atoms with Crippen LogP contribution in [0.1, 0.15) is 19.5 Å². The zero-order valence-corrected chi connectivity index (χ0v) is 10.9. The minimum Gasteiger partial charge on any atom is -0.316 e. The molecule has 0 bridgehead atoms. The molecule has 7 heteroatoms. The molecule has 0 fully saturated rings. The van der Waals surface area contributed by atoms with Gasteiger partial charge in [-0.2, -0.15) is 0 Å². The molecule has 0 aliphatic carbocycles. The van der Waals surface area contributed by atoms with Gasteiger partial charge in [-0.1, -0.05) is 6.92 Å². The van der Waals surface area contributed by atoms with Crippen LogP contribution in [0.15, 0.2) is 18.6 Å². The number of hydrogen-bond donors (Lipinski definition) is 2. The highest BCUT2D eigenvalue weighted by Crippen LogP contribution is 1.99. The maximum Gasteiger partial charge on any atom is 0.215 e. The summed E-state index contributed by atoms with van der Waals surface area (Å²) in [7, 11) is -3.30. The van der Waals surface area contributed by atoms with Crippen molar-refractivity contribution in [3.8, 4) is 0 Å². The van der Waals surface area contributed by atoms with Crippen LogP contribution in [0.5, 0.6) is 0 Å². The van der Waals surface area contributed by atoms with Crippen molar-refractivity contribution in [3.05, 3.63) is 24.3 Å². The summed E-state index contributed by atoms with van der Waals surface area (Å²) in [5, 5.41) is 2.54. The Morgan fingerprint density at radius 3 is 2.82 bits per heavy atom. The third kappa shape index (κ3) is 4.76. The van der Waals surface area contributed by atoms with Crippen molar-refractivity contribution in [1.29, 1.82) is 0 Å². The molecule has 2 N–H and O–H groups in total. The average Bonchev–Trinajstić information content (AvgIpc) is 2.35. The van der Waals surface area contributed by atoms with E-state index in [9.17, 15) is 8.42 Å². The smallest absolute Gasteiger partial charge is 0.215 e. The summed E-state index contributed by atoms with van der Waals surface area (Å²) in [6.45, 7) is 5.00. The molecular weight excluding hydrogens is 240 g/mol. The van der Waals surface area contributed by atoms with Gasteiger partial charge in [0.15, 0.2) is 0 Å². The highest BCUT2D eigenvalue weighted by molar-refractivity contribution is 7.90. The molecule has 0 amide bonds. The second-order valence-electron chi connectivity index (χ2n) is 3.69. The maximum atomic E-state index is 11.8. The lowest BCUT2D eigenvalue weighted by Gasteiger charge is -2.13. The molecule has 96 valence electrons. The molecule has 1 rings (SSSR count). The number of hydrogen-bond acceptors (Lipinski definition) is 5. The fourth-order valence-electron chi connectivity index (χ4n) is 1.20. The lowest BCUT2D eigenvalue weighted by molar-refractivity contribution is 0.559. The predicted molar refractivity (Wildman–Crippen MR) is 65.8 cm³/mol. The van der Waals surface area contributed by atoms with Crippen molar-refractivity contribution in [2.24, 2.45) is 0 Å². The first-order valence-electron chi connectivity index (χ1n) is 5.50. The van der Waals surface area contributed by atoms with E-state index in [4.69, 9.17) is 0 Å². The van der Waals surface area contributed by atoms with Crippen LogP contribution in [-0.4, -0.2) is 36.7 Å². The molecule has 1 heterocycles.